The Labute approximate surface area is 94.7 Å². The molecule has 0 spiro atoms. The summed E-state index contributed by atoms with van der Waals surface area (Å²) in [7, 11) is 0. The van der Waals surface area contributed by atoms with Crippen molar-refractivity contribution in [3.8, 4) is 0 Å². The van der Waals surface area contributed by atoms with Gasteiger partial charge in [0.2, 0.25) is 0 Å². The highest BCUT2D eigenvalue weighted by molar-refractivity contribution is 5.97. The first-order valence-corrected chi connectivity index (χ1v) is 5.23. The van der Waals surface area contributed by atoms with Gasteiger partial charge < -0.3 is 0 Å². The SMILES string of the molecule is Cc1cc(C)n(C(=O)c2ccccc2C)n1. The van der Waals surface area contributed by atoms with E-state index in [-0.39, 0.29) is 5.91 Å². The Morgan fingerprint density at radius 1 is 1.19 bits per heavy atom. The van der Waals surface area contributed by atoms with Crippen molar-refractivity contribution in [2.45, 2.75) is 20.8 Å². The second-order valence-electron chi connectivity index (χ2n) is 3.96. The molecule has 82 valence electrons. The number of benzene rings is 1. The molecular formula is C13H14N2O. The van der Waals surface area contributed by atoms with Crippen molar-refractivity contribution in [2.75, 3.05) is 0 Å². The third-order valence-corrected chi connectivity index (χ3v) is 2.58. The molecule has 0 atom stereocenters. The lowest BCUT2D eigenvalue weighted by Gasteiger charge is -2.05. The van der Waals surface area contributed by atoms with Gasteiger partial charge in [-0.15, -0.1) is 0 Å². The van der Waals surface area contributed by atoms with Crippen LogP contribution in [0.2, 0.25) is 0 Å². The molecule has 3 nitrogen and oxygen atoms in total. The standard InChI is InChI=1S/C13H14N2O/c1-9-6-4-5-7-12(9)13(16)15-11(3)8-10(2)14-15/h4-8H,1-3H3. The molecule has 3 heteroatoms. The summed E-state index contributed by atoms with van der Waals surface area (Å²) < 4.78 is 1.46. The van der Waals surface area contributed by atoms with Gasteiger partial charge in [-0.3, -0.25) is 4.79 Å². The molecule has 2 rings (SSSR count). The molecule has 0 aliphatic rings. The Morgan fingerprint density at radius 3 is 2.44 bits per heavy atom. The highest BCUT2D eigenvalue weighted by atomic mass is 16.2. The monoisotopic (exact) mass is 214 g/mol. The average molecular weight is 214 g/mol. The maximum Gasteiger partial charge on any atom is 0.278 e. The van der Waals surface area contributed by atoms with Crippen LogP contribution in [0, 0.1) is 20.8 Å². The topological polar surface area (TPSA) is 34.9 Å². The number of carbonyl (C=O) groups excluding carboxylic acids is 1. The summed E-state index contributed by atoms with van der Waals surface area (Å²) in [6, 6.07) is 9.45. The molecule has 0 amide bonds. The van der Waals surface area contributed by atoms with Gasteiger partial charge in [-0.05, 0) is 38.5 Å². The minimum Gasteiger partial charge on any atom is -0.267 e. The zero-order valence-electron chi connectivity index (χ0n) is 9.69. The first kappa shape index (κ1) is 10.6. The van der Waals surface area contributed by atoms with Crippen LogP contribution in [0.3, 0.4) is 0 Å². The van der Waals surface area contributed by atoms with E-state index >= 15 is 0 Å². The van der Waals surface area contributed by atoms with Gasteiger partial charge in [-0.1, -0.05) is 18.2 Å². The maximum absolute atomic E-state index is 12.2. The minimum absolute atomic E-state index is 0.0660. The van der Waals surface area contributed by atoms with E-state index in [1.165, 1.54) is 4.68 Å². The highest BCUT2D eigenvalue weighted by Gasteiger charge is 2.13. The van der Waals surface area contributed by atoms with Gasteiger partial charge in [0.05, 0.1) is 5.69 Å². The van der Waals surface area contributed by atoms with Gasteiger partial charge in [-0.2, -0.15) is 5.10 Å². The summed E-state index contributed by atoms with van der Waals surface area (Å²) in [4.78, 5) is 12.2. The quantitative estimate of drug-likeness (QED) is 0.731. The van der Waals surface area contributed by atoms with Crippen LogP contribution in [0.25, 0.3) is 0 Å². The molecule has 0 aliphatic heterocycles. The van der Waals surface area contributed by atoms with E-state index in [1.54, 1.807) is 0 Å². The third kappa shape index (κ3) is 1.76. The number of nitrogens with zero attached hydrogens (tertiary/aromatic N) is 2. The molecule has 0 saturated heterocycles. The highest BCUT2D eigenvalue weighted by Crippen LogP contribution is 2.11. The van der Waals surface area contributed by atoms with Crippen LogP contribution >= 0.6 is 0 Å². The van der Waals surface area contributed by atoms with Gasteiger partial charge in [0.25, 0.3) is 5.91 Å². The van der Waals surface area contributed by atoms with Crippen LogP contribution in [0.15, 0.2) is 30.3 Å². The van der Waals surface area contributed by atoms with E-state index in [0.29, 0.717) is 5.56 Å². The van der Waals surface area contributed by atoms with Crippen molar-refractivity contribution in [1.29, 1.82) is 0 Å². The lowest BCUT2D eigenvalue weighted by atomic mass is 10.1. The molecule has 1 aromatic heterocycles. The second-order valence-corrected chi connectivity index (χ2v) is 3.96. The Bertz CT molecular complexity index is 541. The molecule has 0 N–H and O–H groups in total. The molecule has 16 heavy (non-hydrogen) atoms. The van der Waals surface area contributed by atoms with E-state index in [4.69, 9.17) is 0 Å². The van der Waals surface area contributed by atoms with Crippen LogP contribution in [-0.2, 0) is 0 Å². The van der Waals surface area contributed by atoms with Gasteiger partial charge in [0, 0.05) is 11.3 Å². The zero-order valence-corrected chi connectivity index (χ0v) is 9.69. The lowest BCUT2D eigenvalue weighted by molar-refractivity contribution is 0.0942. The summed E-state index contributed by atoms with van der Waals surface area (Å²) >= 11 is 0. The molecule has 0 radical (unpaired) electrons. The van der Waals surface area contributed by atoms with Crippen LogP contribution in [0.4, 0.5) is 0 Å². The Morgan fingerprint density at radius 2 is 1.88 bits per heavy atom. The molecule has 1 heterocycles. The fraction of sp³-hybridized carbons (Fsp3) is 0.231. The van der Waals surface area contributed by atoms with Crippen molar-refractivity contribution in [1.82, 2.24) is 9.78 Å². The molecule has 1 aromatic carbocycles. The summed E-state index contributed by atoms with van der Waals surface area (Å²) in [6.07, 6.45) is 0. The maximum atomic E-state index is 12.2. The van der Waals surface area contributed by atoms with E-state index < -0.39 is 0 Å². The van der Waals surface area contributed by atoms with E-state index in [0.717, 1.165) is 17.0 Å². The summed E-state index contributed by atoms with van der Waals surface area (Å²) in [5.74, 6) is -0.0660. The normalized spacial score (nSPS) is 10.4. The minimum atomic E-state index is -0.0660. The molecule has 0 bridgehead atoms. The number of hydrogen-bond acceptors (Lipinski definition) is 2. The van der Waals surface area contributed by atoms with E-state index in [2.05, 4.69) is 5.10 Å². The van der Waals surface area contributed by atoms with E-state index in [9.17, 15) is 4.79 Å². The van der Waals surface area contributed by atoms with Crippen molar-refractivity contribution < 1.29 is 4.79 Å². The van der Waals surface area contributed by atoms with Crippen LogP contribution < -0.4 is 0 Å². The van der Waals surface area contributed by atoms with Crippen molar-refractivity contribution in [2.24, 2.45) is 0 Å². The summed E-state index contributed by atoms with van der Waals surface area (Å²) in [5, 5.41) is 4.19. The number of aryl methyl sites for hydroxylation is 3. The Balaban J connectivity index is 2.47. The Hall–Kier alpha value is -1.90. The zero-order chi connectivity index (χ0) is 11.7. The molecule has 2 aromatic rings. The lowest BCUT2D eigenvalue weighted by Crippen LogP contribution is -2.16. The number of rotatable bonds is 1. The average Bonchev–Trinajstić information content (AvgIpc) is 2.58. The van der Waals surface area contributed by atoms with Crippen LogP contribution in [-0.4, -0.2) is 15.7 Å². The first-order valence-electron chi connectivity index (χ1n) is 5.23. The molecule has 0 aliphatic carbocycles. The predicted octanol–water partition coefficient (Wildman–Crippen LogP) is 2.50. The smallest absolute Gasteiger partial charge is 0.267 e. The molecular weight excluding hydrogens is 200 g/mol. The van der Waals surface area contributed by atoms with Crippen molar-refractivity contribution >= 4 is 5.91 Å². The first-order chi connectivity index (χ1) is 7.59. The van der Waals surface area contributed by atoms with Gasteiger partial charge in [0.1, 0.15) is 0 Å². The van der Waals surface area contributed by atoms with Gasteiger partial charge >= 0.3 is 0 Å². The number of aromatic nitrogens is 2. The van der Waals surface area contributed by atoms with Gasteiger partial charge in [-0.25, -0.2) is 4.68 Å². The largest absolute Gasteiger partial charge is 0.278 e. The molecule has 0 unspecified atom stereocenters. The molecule has 0 saturated carbocycles. The molecule has 0 fully saturated rings. The van der Waals surface area contributed by atoms with Crippen LogP contribution in [0.1, 0.15) is 27.3 Å². The third-order valence-electron chi connectivity index (χ3n) is 2.58. The van der Waals surface area contributed by atoms with Crippen molar-refractivity contribution in [3.63, 3.8) is 0 Å². The Kier molecular flexibility index (Phi) is 2.60. The fourth-order valence-electron chi connectivity index (χ4n) is 1.76. The van der Waals surface area contributed by atoms with Crippen molar-refractivity contribution in [3.05, 3.63) is 52.8 Å². The summed E-state index contributed by atoms with van der Waals surface area (Å²) in [6.45, 7) is 5.70. The van der Waals surface area contributed by atoms with Gasteiger partial charge in [0.15, 0.2) is 0 Å². The number of carbonyl (C=O) groups is 1. The fourth-order valence-corrected chi connectivity index (χ4v) is 1.76. The van der Waals surface area contributed by atoms with E-state index in [1.807, 2.05) is 51.1 Å². The predicted molar refractivity (Wildman–Crippen MR) is 62.6 cm³/mol. The van der Waals surface area contributed by atoms with Crippen LogP contribution in [0.5, 0.6) is 0 Å². The number of hydrogen-bond donors (Lipinski definition) is 0. The second kappa shape index (κ2) is 3.93. The summed E-state index contributed by atoms with van der Waals surface area (Å²) in [5.41, 5.74) is 3.40.